The minimum Gasteiger partial charge on any atom is -0.404 e. The van der Waals surface area contributed by atoms with E-state index in [2.05, 4.69) is 46.4 Å². The van der Waals surface area contributed by atoms with Gasteiger partial charge in [0.15, 0.2) is 0 Å². The molecule has 0 amide bonds. The van der Waals surface area contributed by atoms with Crippen LogP contribution in [0.3, 0.4) is 0 Å². The monoisotopic (exact) mass is 413 g/mol. The van der Waals surface area contributed by atoms with Crippen LogP contribution in [-0.4, -0.2) is 0 Å². The van der Waals surface area contributed by atoms with E-state index in [1.807, 2.05) is 6.20 Å². The summed E-state index contributed by atoms with van der Waals surface area (Å²) in [4.78, 5) is 0. The summed E-state index contributed by atoms with van der Waals surface area (Å²) in [6, 6.07) is 0. The number of nitrogens with two attached hydrogens (primary N) is 1. The molecule has 2 aliphatic rings. The Balaban J connectivity index is 1.95. The molecule has 3 unspecified atom stereocenters. The second-order valence-corrected chi connectivity index (χ2v) is 11.2. The predicted octanol–water partition coefficient (Wildman–Crippen LogP) is 8.96. The average molecular weight is 414 g/mol. The number of hydrogen-bond donors (Lipinski definition) is 1. The highest BCUT2D eigenvalue weighted by atomic mass is 14.5. The van der Waals surface area contributed by atoms with E-state index in [4.69, 9.17) is 5.73 Å². The third-order valence-corrected chi connectivity index (χ3v) is 7.94. The fourth-order valence-electron chi connectivity index (χ4n) is 6.18. The average Bonchev–Trinajstić information content (AvgIpc) is 3.20. The molecule has 0 radical (unpaired) electrons. The maximum Gasteiger partial charge on any atom is 0.00385 e. The van der Waals surface area contributed by atoms with Crippen LogP contribution in [0.1, 0.15) is 118 Å². The van der Waals surface area contributed by atoms with Crippen molar-refractivity contribution in [3.8, 4) is 0 Å². The minimum atomic E-state index is 0.106. The fraction of sp³-hybridized carbons (Fsp3) is 0.793. The summed E-state index contributed by atoms with van der Waals surface area (Å²) in [5.41, 5.74) is 9.01. The minimum absolute atomic E-state index is 0.106. The maximum absolute atomic E-state index is 6.05. The molecule has 3 atom stereocenters. The molecule has 0 spiro atoms. The van der Waals surface area contributed by atoms with Gasteiger partial charge in [0, 0.05) is 5.41 Å². The molecular weight excluding hydrogens is 362 g/mol. The van der Waals surface area contributed by atoms with Crippen molar-refractivity contribution >= 4 is 0 Å². The van der Waals surface area contributed by atoms with E-state index in [0.717, 1.165) is 24.2 Å². The quantitative estimate of drug-likeness (QED) is 0.317. The Morgan fingerprint density at radius 3 is 2.50 bits per heavy atom. The maximum atomic E-state index is 6.05. The topological polar surface area (TPSA) is 26.0 Å². The zero-order chi connectivity index (χ0) is 22.0. The molecule has 0 heterocycles. The van der Waals surface area contributed by atoms with Crippen LogP contribution in [0.4, 0.5) is 0 Å². The van der Waals surface area contributed by atoms with Crippen molar-refractivity contribution in [2.24, 2.45) is 34.8 Å². The molecule has 0 aliphatic heterocycles. The van der Waals surface area contributed by atoms with E-state index in [9.17, 15) is 0 Å². The Morgan fingerprint density at radius 2 is 1.90 bits per heavy atom. The molecule has 2 N–H and O–H groups in total. The summed E-state index contributed by atoms with van der Waals surface area (Å²) in [6.45, 7) is 13.5. The Morgan fingerprint density at radius 1 is 1.20 bits per heavy atom. The van der Waals surface area contributed by atoms with Gasteiger partial charge in [0.1, 0.15) is 0 Å². The van der Waals surface area contributed by atoms with Crippen LogP contribution in [0.15, 0.2) is 36.1 Å². The highest BCUT2D eigenvalue weighted by Crippen LogP contribution is 2.42. The summed E-state index contributed by atoms with van der Waals surface area (Å²) in [7, 11) is 0. The van der Waals surface area contributed by atoms with E-state index in [1.54, 1.807) is 0 Å². The molecule has 0 aromatic carbocycles. The first-order valence-corrected chi connectivity index (χ1v) is 13.2. The van der Waals surface area contributed by atoms with Crippen molar-refractivity contribution in [2.75, 3.05) is 0 Å². The molecule has 0 saturated heterocycles. The van der Waals surface area contributed by atoms with Gasteiger partial charge in [-0.15, -0.1) is 6.58 Å². The number of rotatable bonds is 12. The molecule has 0 aromatic rings. The summed E-state index contributed by atoms with van der Waals surface area (Å²) >= 11 is 0. The van der Waals surface area contributed by atoms with Gasteiger partial charge in [-0.05, 0) is 66.7 Å². The van der Waals surface area contributed by atoms with E-state index < -0.39 is 0 Å². The Hall–Kier alpha value is -0.980. The van der Waals surface area contributed by atoms with E-state index >= 15 is 0 Å². The first-order valence-electron chi connectivity index (χ1n) is 13.2. The van der Waals surface area contributed by atoms with Crippen molar-refractivity contribution in [1.29, 1.82) is 0 Å². The molecular formula is C29H51N. The predicted molar refractivity (Wildman–Crippen MR) is 134 cm³/mol. The molecule has 0 aromatic heterocycles. The molecule has 1 nitrogen and oxygen atoms in total. The van der Waals surface area contributed by atoms with Crippen molar-refractivity contribution in [3.05, 3.63) is 36.1 Å². The molecule has 0 bridgehead atoms. The molecule has 30 heavy (non-hydrogen) atoms. The number of allylic oxidation sites excluding steroid dienone is 4. The van der Waals surface area contributed by atoms with Gasteiger partial charge in [0.2, 0.25) is 0 Å². The van der Waals surface area contributed by atoms with Crippen LogP contribution in [0.2, 0.25) is 0 Å². The zero-order valence-corrected chi connectivity index (χ0v) is 20.7. The lowest BCUT2D eigenvalue weighted by molar-refractivity contribution is 0.265. The van der Waals surface area contributed by atoms with Gasteiger partial charge in [-0.3, -0.25) is 0 Å². The first-order chi connectivity index (χ1) is 14.4. The van der Waals surface area contributed by atoms with Crippen molar-refractivity contribution in [2.45, 2.75) is 118 Å². The Labute approximate surface area is 188 Å². The van der Waals surface area contributed by atoms with Crippen LogP contribution in [-0.2, 0) is 0 Å². The van der Waals surface area contributed by atoms with Crippen molar-refractivity contribution in [3.63, 3.8) is 0 Å². The Kier molecular flexibility index (Phi) is 10.8. The second-order valence-electron chi connectivity index (χ2n) is 11.2. The summed E-state index contributed by atoms with van der Waals surface area (Å²) in [5, 5.41) is 0. The summed E-state index contributed by atoms with van der Waals surface area (Å²) in [5.74, 6) is 3.49. The smallest absolute Gasteiger partial charge is 0.00385 e. The van der Waals surface area contributed by atoms with Gasteiger partial charge in [-0.2, -0.15) is 0 Å². The summed E-state index contributed by atoms with van der Waals surface area (Å²) in [6.07, 6.45) is 25.9. The lowest BCUT2D eigenvalue weighted by Crippen LogP contribution is -2.16. The lowest BCUT2D eigenvalue weighted by Gasteiger charge is -2.27. The largest absolute Gasteiger partial charge is 0.404 e. The van der Waals surface area contributed by atoms with Gasteiger partial charge in [-0.25, -0.2) is 0 Å². The van der Waals surface area contributed by atoms with E-state index in [-0.39, 0.29) is 5.41 Å². The molecule has 2 aliphatic carbocycles. The van der Waals surface area contributed by atoms with Gasteiger partial charge in [-0.1, -0.05) is 104 Å². The molecule has 172 valence electrons. The van der Waals surface area contributed by atoms with E-state index in [1.165, 1.54) is 94.6 Å². The van der Waals surface area contributed by atoms with Crippen LogP contribution in [0.5, 0.6) is 0 Å². The van der Waals surface area contributed by atoms with Crippen LogP contribution in [0.25, 0.3) is 0 Å². The lowest BCUT2D eigenvalue weighted by atomic mass is 9.78. The van der Waals surface area contributed by atoms with Crippen LogP contribution in [0, 0.1) is 29.1 Å². The second kappa shape index (κ2) is 12.8. The third kappa shape index (κ3) is 7.93. The standard InChI is InChI=1S/C29H51N/c1-6-8-13-25(26-14-9-10-15-26)16-11-12-24-17-18-27(21-29(5,7-2)20-24)28(22-30)19-23(3)4/h7,21-26H,2,6,8-20,30H2,1,3-5H3/b28-22+. The molecule has 1 saturated carbocycles. The number of unbranched alkanes of at least 4 members (excludes halogenated alkanes) is 1. The highest BCUT2D eigenvalue weighted by Gasteiger charge is 2.29. The SMILES string of the molecule is C=CC1(C)C=C(/C(=C/N)CC(C)C)CCC(CCCC(CCCC)C2CCCC2)C1. The van der Waals surface area contributed by atoms with E-state index in [0.29, 0.717) is 5.92 Å². The third-order valence-electron chi connectivity index (χ3n) is 7.94. The molecule has 1 fully saturated rings. The molecule has 1 heteroatoms. The fourth-order valence-corrected chi connectivity index (χ4v) is 6.18. The van der Waals surface area contributed by atoms with Crippen molar-refractivity contribution in [1.82, 2.24) is 0 Å². The first kappa shape index (κ1) is 25.3. The Bertz CT molecular complexity index is 563. The normalized spacial score (nSPS) is 27.2. The molecule has 2 rings (SSSR count). The van der Waals surface area contributed by atoms with Crippen molar-refractivity contribution < 1.29 is 0 Å². The highest BCUT2D eigenvalue weighted by molar-refractivity contribution is 5.34. The van der Waals surface area contributed by atoms with Gasteiger partial charge >= 0.3 is 0 Å². The van der Waals surface area contributed by atoms with Gasteiger partial charge < -0.3 is 5.73 Å². The van der Waals surface area contributed by atoms with Gasteiger partial charge in [0.25, 0.3) is 0 Å². The summed E-state index contributed by atoms with van der Waals surface area (Å²) < 4.78 is 0. The van der Waals surface area contributed by atoms with Gasteiger partial charge in [0.05, 0.1) is 0 Å². The van der Waals surface area contributed by atoms with Crippen LogP contribution >= 0.6 is 0 Å². The zero-order valence-electron chi connectivity index (χ0n) is 20.7. The van der Waals surface area contributed by atoms with Crippen LogP contribution < -0.4 is 5.73 Å². The number of hydrogen-bond acceptors (Lipinski definition) is 1.